The van der Waals surface area contributed by atoms with E-state index in [1.165, 1.54) is 0 Å². The van der Waals surface area contributed by atoms with Crippen molar-refractivity contribution in [3.8, 4) is 0 Å². The van der Waals surface area contributed by atoms with Gasteiger partial charge >= 0.3 is 0 Å². The molecule has 0 atom stereocenters. The van der Waals surface area contributed by atoms with Gasteiger partial charge in [-0.3, -0.25) is 4.79 Å². The predicted molar refractivity (Wildman–Crippen MR) is 77.0 cm³/mol. The molecule has 102 valence electrons. The van der Waals surface area contributed by atoms with Gasteiger partial charge in [-0.25, -0.2) is 0 Å². The largest absolute Gasteiger partial charge is 0.382 e. The summed E-state index contributed by atoms with van der Waals surface area (Å²) in [6.07, 6.45) is 4.00. The molecule has 1 heterocycles. The SMILES string of the molecule is CCOCCCCNCCn1cc(Br)ccc1=O. The van der Waals surface area contributed by atoms with Crippen LogP contribution in [0.15, 0.2) is 27.6 Å². The van der Waals surface area contributed by atoms with Gasteiger partial charge in [-0.15, -0.1) is 0 Å². The summed E-state index contributed by atoms with van der Waals surface area (Å²) >= 11 is 3.36. The summed E-state index contributed by atoms with van der Waals surface area (Å²) in [5.74, 6) is 0. The first-order valence-corrected chi connectivity index (χ1v) is 7.18. The van der Waals surface area contributed by atoms with E-state index in [0.717, 1.165) is 43.6 Å². The molecule has 0 spiro atoms. The molecular weight excluding hydrogens is 296 g/mol. The van der Waals surface area contributed by atoms with Crippen molar-refractivity contribution in [2.75, 3.05) is 26.3 Å². The van der Waals surface area contributed by atoms with Crippen LogP contribution in [0.1, 0.15) is 19.8 Å². The minimum atomic E-state index is 0.0383. The van der Waals surface area contributed by atoms with E-state index in [1.54, 1.807) is 16.7 Å². The van der Waals surface area contributed by atoms with Gasteiger partial charge < -0.3 is 14.6 Å². The topological polar surface area (TPSA) is 43.3 Å². The van der Waals surface area contributed by atoms with E-state index in [4.69, 9.17) is 4.74 Å². The Morgan fingerprint density at radius 3 is 2.94 bits per heavy atom. The van der Waals surface area contributed by atoms with Crippen LogP contribution in [-0.2, 0) is 11.3 Å². The van der Waals surface area contributed by atoms with Crippen LogP contribution in [0.3, 0.4) is 0 Å². The van der Waals surface area contributed by atoms with Crippen molar-refractivity contribution in [1.82, 2.24) is 9.88 Å². The Labute approximate surface area is 116 Å². The molecule has 0 saturated carbocycles. The number of ether oxygens (including phenoxy) is 1. The van der Waals surface area contributed by atoms with E-state index in [1.807, 2.05) is 13.1 Å². The Hall–Kier alpha value is -0.650. The summed E-state index contributed by atoms with van der Waals surface area (Å²) in [5.41, 5.74) is 0.0383. The highest BCUT2D eigenvalue weighted by molar-refractivity contribution is 9.10. The van der Waals surface area contributed by atoms with Crippen LogP contribution in [-0.4, -0.2) is 30.9 Å². The number of hydrogen-bond donors (Lipinski definition) is 1. The molecule has 0 saturated heterocycles. The third-order valence-electron chi connectivity index (χ3n) is 2.57. The van der Waals surface area contributed by atoms with E-state index >= 15 is 0 Å². The van der Waals surface area contributed by atoms with Crippen molar-refractivity contribution in [3.63, 3.8) is 0 Å². The molecule has 0 aromatic carbocycles. The molecule has 1 aromatic heterocycles. The number of aromatic nitrogens is 1. The van der Waals surface area contributed by atoms with E-state index in [0.29, 0.717) is 6.54 Å². The zero-order valence-corrected chi connectivity index (χ0v) is 12.4. The van der Waals surface area contributed by atoms with Crippen LogP contribution in [0.2, 0.25) is 0 Å². The maximum Gasteiger partial charge on any atom is 0.250 e. The van der Waals surface area contributed by atoms with Gasteiger partial charge in [-0.1, -0.05) is 0 Å². The number of pyridine rings is 1. The molecule has 1 rings (SSSR count). The molecule has 1 aromatic rings. The standard InChI is InChI=1S/C13H21BrN2O2/c1-2-18-10-4-3-7-15-8-9-16-11-12(14)5-6-13(16)17/h5-6,11,15H,2-4,7-10H2,1H3. The van der Waals surface area contributed by atoms with E-state index in [2.05, 4.69) is 21.2 Å². The Morgan fingerprint density at radius 1 is 1.33 bits per heavy atom. The highest BCUT2D eigenvalue weighted by Crippen LogP contribution is 2.04. The maximum atomic E-state index is 11.5. The van der Waals surface area contributed by atoms with Crippen LogP contribution in [0.5, 0.6) is 0 Å². The Balaban J connectivity index is 2.11. The molecule has 0 bridgehead atoms. The molecule has 0 aliphatic heterocycles. The molecule has 0 aliphatic carbocycles. The van der Waals surface area contributed by atoms with Crippen LogP contribution < -0.4 is 10.9 Å². The quantitative estimate of drug-likeness (QED) is 0.709. The minimum absolute atomic E-state index is 0.0383. The van der Waals surface area contributed by atoms with Crippen molar-refractivity contribution in [2.24, 2.45) is 0 Å². The van der Waals surface area contributed by atoms with Gasteiger partial charge in [0.2, 0.25) is 0 Å². The average Bonchev–Trinajstić information content (AvgIpc) is 2.36. The van der Waals surface area contributed by atoms with Gasteiger partial charge in [0.1, 0.15) is 0 Å². The molecular formula is C13H21BrN2O2. The lowest BCUT2D eigenvalue weighted by Gasteiger charge is -2.07. The van der Waals surface area contributed by atoms with Crippen LogP contribution in [0.25, 0.3) is 0 Å². The van der Waals surface area contributed by atoms with E-state index < -0.39 is 0 Å². The molecule has 4 nitrogen and oxygen atoms in total. The summed E-state index contributed by atoms with van der Waals surface area (Å²) in [6, 6.07) is 3.34. The number of unbranched alkanes of at least 4 members (excludes halogenated alkanes) is 1. The van der Waals surface area contributed by atoms with Crippen LogP contribution in [0, 0.1) is 0 Å². The second-order valence-electron chi connectivity index (χ2n) is 4.03. The van der Waals surface area contributed by atoms with Gasteiger partial charge in [-0.2, -0.15) is 0 Å². The molecule has 0 fully saturated rings. The zero-order chi connectivity index (χ0) is 13.2. The minimum Gasteiger partial charge on any atom is -0.382 e. The molecule has 0 aliphatic rings. The Kier molecular flexibility index (Phi) is 7.96. The van der Waals surface area contributed by atoms with Gasteiger partial charge in [0.05, 0.1) is 0 Å². The fourth-order valence-corrected chi connectivity index (χ4v) is 1.98. The van der Waals surface area contributed by atoms with Crippen molar-refractivity contribution < 1.29 is 4.74 Å². The molecule has 1 N–H and O–H groups in total. The first-order valence-electron chi connectivity index (χ1n) is 6.38. The zero-order valence-electron chi connectivity index (χ0n) is 10.8. The van der Waals surface area contributed by atoms with Crippen molar-refractivity contribution in [2.45, 2.75) is 26.3 Å². The predicted octanol–water partition coefficient (Wildman–Crippen LogP) is 2.02. The first-order chi connectivity index (χ1) is 8.74. The van der Waals surface area contributed by atoms with E-state index in [9.17, 15) is 4.79 Å². The Bertz CT molecular complexity index is 393. The second kappa shape index (κ2) is 9.30. The second-order valence-corrected chi connectivity index (χ2v) is 4.95. The summed E-state index contributed by atoms with van der Waals surface area (Å²) < 4.78 is 7.89. The Morgan fingerprint density at radius 2 is 2.17 bits per heavy atom. The normalized spacial score (nSPS) is 10.8. The lowest BCUT2D eigenvalue weighted by molar-refractivity contribution is 0.143. The molecule has 5 heteroatoms. The van der Waals surface area contributed by atoms with Gasteiger partial charge in [0, 0.05) is 43.0 Å². The lowest BCUT2D eigenvalue weighted by Crippen LogP contribution is -2.26. The summed E-state index contributed by atoms with van der Waals surface area (Å²) in [7, 11) is 0. The van der Waals surface area contributed by atoms with Crippen molar-refractivity contribution >= 4 is 15.9 Å². The fourth-order valence-electron chi connectivity index (χ4n) is 1.60. The molecule has 0 radical (unpaired) electrons. The summed E-state index contributed by atoms with van der Waals surface area (Å²) in [6.45, 7) is 6.11. The highest BCUT2D eigenvalue weighted by atomic mass is 79.9. The molecule has 0 amide bonds. The third kappa shape index (κ3) is 6.33. The van der Waals surface area contributed by atoms with Gasteiger partial charge in [0.15, 0.2) is 0 Å². The van der Waals surface area contributed by atoms with Gasteiger partial charge in [-0.05, 0) is 48.3 Å². The monoisotopic (exact) mass is 316 g/mol. The maximum absolute atomic E-state index is 11.5. The number of halogens is 1. The highest BCUT2D eigenvalue weighted by Gasteiger charge is 1.96. The lowest BCUT2D eigenvalue weighted by atomic mass is 10.3. The van der Waals surface area contributed by atoms with Crippen LogP contribution in [0.4, 0.5) is 0 Å². The number of nitrogens with one attached hydrogen (secondary N) is 1. The number of nitrogens with zero attached hydrogens (tertiary/aromatic N) is 1. The number of rotatable bonds is 9. The average molecular weight is 317 g/mol. The fraction of sp³-hybridized carbons (Fsp3) is 0.615. The molecule has 18 heavy (non-hydrogen) atoms. The third-order valence-corrected chi connectivity index (χ3v) is 3.04. The summed E-state index contributed by atoms with van der Waals surface area (Å²) in [4.78, 5) is 11.5. The van der Waals surface area contributed by atoms with Crippen LogP contribution >= 0.6 is 15.9 Å². The van der Waals surface area contributed by atoms with Crippen molar-refractivity contribution in [1.29, 1.82) is 0 Å². The first kappa shape index (κ1) is 15.4. The van der Waals surface area contributed by atoms with Crippen molar-refractivity contribution in [3.05, 3.63) is 33.2 Å². The smallest absolute Gasteiger partial charge is 0.250 e. The van der Waals surface area contributed by atoms with Gasteiger partial charge in [0.25, 0.3) is 5.56 Å². The van der Waals surface area contributed by atoms with E-state index in [-0.39, 0.29) is 5.56 Å². The summed E-state index contributed by atoms with van der Waals surface area (Å²) in [5, 5.41) is 3.33. The number of hydrogen-bond acceptors (Lipinski definition) is 3. The molecule has 0 unspecified atom stereocenters.